The minimum absolute atomic E-state index is 0.207. The van der Waals surface area contributed by atoms with Crippen LogP contribution in [0.15, 0.2) is 54.6 Å². The Morgan fingerprint density at radius 1 is 1.00 bits per heavy atom. The summed E-state index contributed by atoms with van der Waals surface area (Å²) in [6.45, 7) is 1.55. The molecule has 0 spiro atoms. The van der Waals surface area contributed by atoms with Crippen LogP contribution in [-0.4, -0.2) is 35.2 Å². The van der Waals surface area contributed by atoms with Gasteiger partial charge in [-0.05, 0) is 29.7 Å². The Kier molecular flexibility index (Phi) is 9.50. The number of hydrogen-bond donors (Lipinski definition) is 2. The molecular weight excluding hydrogens is 407 g/mol. The fourth-order valence-corrected chi connectivity index (χ4v) is 2.03. The smallest absolute Gasteiger partial charge is 0.475 e. The lowest BCUT2D eigenvalue weighted by Crippen LogP contribution is -2.34. The molecule has 0 unspecified atom stereocenters. The zero-order valence-corrected chi connectivity index (χ0v) is 15.9. The van der Waals surface area contributed by atoms with Crippen LogP contribution in [0.1, 0.15) is 18.1 Å². The number of benzene rings is 2. The number of alkyl halides is 3. The molecule has 2 aromatic carbocycles. The van der Waals surface area contributed by atoms with Crippen LogP contribution in [0.3, 0.4) is 0 Å². The van der Waals surface area contributed by atoms with Gasteiger partial charge in [-0.15, -0.1) is 0 Å². The molecule has 0 aliphatic rings. The van der Waals surface area contributed by atoms with Gasteiger partial charge < -0.3 is 20.3 Å². The van der Waals surface area contributed by atoms with Crippen molar-refractivity contribution in [2.24, 2.45) is 5.73 Å². The lowest BCUT2D eigenvalue weighted by Gasteiger charge is -2.12. The van der Waals surface area contributed by atoms with Gasteiger partial charge in [-0.3, -0.25) is 9.59 Å². The number of carboxylic acid groups (broad SMARTS) is 1. The van der Waals surface area contributed by atoms with Crippen molar-refractivity contribution in [2.75, 3.05) is 0 Å². The van der Waals surface area contributed by atoms with Crippen LogP contribution in [0, 0.1) is 0 Å². The summed E-state index contributed by atoms with van der Waals surface area (Å²) in [6.07, 6.45) is -4.73. The zero-order valence-electron chi connectivity index (χ0n) is 15.9. The Morgan fingerprint density at radius 2 is 1.53 bits per heavy atom. The van der Waals surface area contributed by atoms with Crippen molar-refractivity contribution >= 4 is 17.9 Å². The first kappa shape index (κ1) is 24.6. The number of ether oxygens (including phenoxy) is 2. The molecule has 2 rings (SSSR count). The molecule has 162 valence electrons. The molecule has 3 N–H and O–H groups in total. The summed E-state index contributed by atoms with van der Waals surface area (Å²) >= 11 is 0. The summed E-state index contributed by atoms with van der Waals surface area (Å²) in [5, 5.41) is 7.12. The molecule has 0 radical (unpaired) electrons. The van der Waals surface area contributed by atoms with Gasteiger partial charge in [0.1, 0.15) is 18.4 Å². The first-order chi connectivity index (χ1) is 14.0. The summed E-state index contributed by atoms with van der Waals surface area (Å²) < 4.78 is 41.9. The van der Waals surface area contributed by atoms with Crippen LogP contribution in [-0.2, 0) is 32.1 Å². The van der Waals surface area contributed by atoms with Crippen LogP contribution in [0.5, 0.6) is 5.75 Å². The number of nitrogens with two attached hydrogens (primary N) is 1. The molecule has 0 fully saturated rings. The fraction of sp³-hybridized carbons (Fsp3) is 0.250. The van der Waals surface area contributed by atoms with E-state index in [2.05, 4.69) is 0 Å². The van der Waals surface area contributed by atoms with Crippen LogP contribution in [0.25, 0.3) is 0 Å². The minimum Gasteiger partial charge on any atom is -0.475 e. The fourth-order valence-electron chi connectivity index (χ4n) is 2.03. The molecule has 0 saturated heterocycles. The van der Waals surface area contributed by atoms with E-state index in [0.717, 1.165) is 11.1 Å². The van der Waals surface area contributed by atoms with E-state index in [4.69, 9.17) is 25.1 Å². The normalized spacial score (nSPS) is 11.5. The second kappa shape index (κ2) is 11.6. The molecule has 0 saturated carbocycles. The Morgan fingerprint density at radius 3 is 2.00 bits per heavy atom. The molecule has 1 atom stereocenters. The Hall–Kier alpha value is -3.40. The summed E-state index contributed by atoms with van der Waals surface area (Å²) in [5.74, 6) is -3.12. The minimum atomic E-state index is -5.08. The van der Waals surface area contributed by atoms with Crippen LogP contribution in [0.2, 0.25) is 0 Å². The maximum Gasteiger partial charge on any atom is 0.490 e. The van der Waals surface area contributed by atoms with E-state index < -0.39 is 24.2 Å². The van der Waals surface area contributed by atoms with E-state index in [1.165, 1.54) is 6.92 Å². The number of carbonyl (C=O) groups excluding carboxylic acids is 2. The quantitative estimate of drug-likeness (QED) is 0.538. The number of aliphatic carboxylic acids is 1. The van der Waals surface area contributed by atoms with E-state index in [0.29, 0.717) is 12.2 Å². The molecule has 30 heavy (non-hydrogen) atoms. The van der Waals surface area contributed by atoms with Gasteiger partial charge in [0, 0.05) is 6.92 Å². The van der Waals surface area contributed by atoms with E-state index >= 15 is 0 Å². The third-order valence-corrected chi connectivity index (χ3v) is 3.41. The molecular formula is C20H20F3NO6. The number of carboxylic acids is 1. The first-order valence-electron chi connectivity index (χ1n) is 8.52. The van der Waals surface area contributed by atoms with Crippen molar-refractivity contribution in [2.45, 2.75) is 32.2 Å². The Balaban J connectivity index is 0.000000553. The molecule has 0 bridgehead atoms. The molecule has 0 aromatic heterocycles. The Labute approximate surface area is 170 Å². The molecule has 0 heterocycles. The van der Waals surface area contributed by atoms with Gasteiger partial charge in [-0.1, -0.05) is 42.5 Å². The van der Waals surface area contributed by atoms with E-state index in [-0.39, 0.29) is 12.6 Å². The van der Waals surface area contributed by atoms with E-state index in [9.17, 15) is 22.8 Å². The highest BCUT2D eigenvalue weighted by Gasteiger charge is 2.38. The standard InChI is InChI=1S/C18H19NO4.C2HF3O2/c1-13(20)23-16-9-7-14(8-10-16)11-17(19)18(21)22-12-15-5-3-2-4-6-15;3-2(4,5)1(6)7/h2-10,17H,11-12,19H2,1H3;(H,6,7)/t17-;/m0./s1. The summed E-state index contributed by atoms with van der Waals surface area (Å²) in [5.41, 5.74) is 7.65. The van der Waals surface area contributed by atoms with Gasteiger partial charge >= 0.3 is 24.1 Å². The van der Waals surface area contributed by atoms with Crippen LogP contribution < -0.4 is 10.5 Å². The van der Waals surface area contributed by atoms with Crippen LogP contribution >= 0.6 is 0 Å². The maximum absolute atomic E-state index is 11.9. The number of rotatable bonds is 6. The molecule has 0 amide bonds. The lowest BCUT2D eigenvalue weighted by atomic mass is 10.1. The SMILES string of the molecule is CC(=O)Oc1ccc(C[C@H](N)C(=O)OCc2ccccc2)cc1.O=C(O)C(F)(F)F. The van der Waals surface area contributed by atoms with Crippen molar-refractivity contribution in [1.82, 2.24) is 0 Å². The predicted octanol–water partition coefficient (Wildman–Crippen LogP) is 2.86. The second-order valence-electron chi connectivity index (χ2n) is 5.94. The van der Waals surface area contributed by atoms with Crippen molar-refractivity contribution in [3.8, 4) is 5.75 Å². The average molecular weight is 427 g/mol. The monoisotopic (exact) mass is 427 g/mol. The van der Waals surface area contributed by atoms with Gasteiger partial charge in [0.25, 0.3) is 0 Å². The topological polar surface area (TPSA) is 116 Å². The summed E-state index contributed by atoms with van der Waals surface area (Å²) in [7, 11) is 0. The van der Waals surface area contributed by atoms with E-state index in [1.54, 1.807) is 24.3 Å². The number of hydrogen-bond acceptors (Lipinski definition) is 6. The van der Waals surface area contributed by atoms with Gasteiger partial charge in [-0.2, -0.15) is 13.2 Å². The van der Waals surface area contributed by atoms with Crippen molar-refractivity contribution < 1.29 is 42.1 Å². The second-order valence-corrected chi connectivity index (χ2v) is 5.94. The van der Waals surface area contributed by atoms with Crippen molar-refractivity contribution in [1.29, 1.82) is 0 Å². The third-order valence-electron chi connectivity index (χ3n) is 3.41. The maximum atomic E-state index is 11.9. The number of carbonyl (C=O) groups is 3. The summed E-state index contributed by atoms with van der Waals surface area (Å²) in [4.78, 5) is 31.7. The highest BCUT2D eigenvalue weighted by molar-refractivity contribution is 5.76. The molecule has 7 nitrogen and oxygen atoms in total. The first-order valence-corrected chi connectivity index (χ1v) is 8.52. The Bertz CT molecular complexity index is 838. The average Bonchev–Trinajstić information content (AvgIpc) is 2.67. The molecule has 2 aromatic rings. The van der Waals surface area contributed by atoms with Gasteiger partial charge in [0.2, 0.25) is 0 Å². The van der Waals surface area contributed by atoms with E-state index in [1.807, 2.05) is 30.3 Å². The number of esters is 2. The van der Waals surface area contributed by atoms with Crippen LogP contribution in [0.4, 0.5) is 13.2 Å². The zero-order chi connectivity index (χ0) is 22.7. The number of halogens is 3. The molecule has 10 heteroatoms. The highest BCUT2D eigenvalue weighted by atomic mass is 19.4. The highest BCUT2D eigenvalue weighted by Crippen LogP contribution is 2.14. The van der Waals surface area contributed by atoms with Crippen molar-refractivity contribution in [3.63, 3.8) is 0 Å². The lowest BCUT2D eigenvalue weighted by molar-refractivity contribution is -0.192. The van der Waals surface area contributed by atoms with Gasteiger partial charge in [0.05, 0.1) is 0 Å². The largest absolute Gasteiger partial charge is 0.490 e. The van der Waals surface area contributed by atoms with Gasteiger partial charge in [0.15, 0.2) is 0 Å². The van der Waals surface area contributed by atoms with Gasteiger partial charge in [-0.25, -0.2) is 4.79 Å². The molecule has 0 aliphatic heterocycles. The molecule has 0 aliphatic carbocycles. The van der Waals surface area contributed by atoms with Crippen molar-refractivity contribution in [3.05, 3.63) is 65.7 Å². The predicted molar refractivity (Wildman–Crippen MR) is 99.4 cm³/mol. The third kappa shape index (κ3) is 9.69. The summed E-state index contributed by atoms with van der Waals surface area (Å²) in [6, 6.07) is 15.6.